The molecule has 6 nitrogen and oxygen atoms in total. The minimum Gasteiger partial charge on any atom is -0.341 e. The summed E-state index contributed by atoms with van der Waals surface area (Å²) in [5.41, 5.74) is 8.16. The summed E-state index contributed by atoms with van der Waals surface area (Å²) in [5.74, 6) is 0.0882. The number of pyridine rings is 1. The predicted octanol–water partition coefficient (Wildman–Crippen LogP) is 3.13. The molecule has 0 aliphatic rings. The standard InChI is InChI=1S/C17H26N4O2.ClH/c1-10(2)14-13-12(7-11(3)19-15(13)23-20-14)16(22)21(6)9-17(4,5)8-18;/h7,10H,8-9,18H2,1-6H3;1H. The van der Waals surface area contributed by atoms with Gasteiger partial charge in [-0.1, -0.05) is 32.9 Å². The largest absolute Gasteiger partial charge is 0.341 e. The molecule has 1 amide bonds. The summed E-state index contributed by atoms with van der Waals surface area (Å²) in [4.78, 5) is 19.0. The summed E-state index contributed by atoms with van der Waals surface area (Å²) >= 11 is 0. The Hall–Kier alpha value is -1.66. The zero-order valence-corrected chi connectivity index (χ0v) is 16.0. The Morgan fingerprint density at radius 2 is 2.04 bits per heavy atom. The van der Waals surface area contributed by atoms with Gasteiger partial charge in [0.05, 0.1) is 16.6 Å². The van der Waals surface area contributed by atoms with Gasteiger partial charge >= 0.3 is 0 Å². The van der Waals surface area contributed by atoms with Crippen molar-refractivity contribution >= 4 is 29.4 Å². The smallest absolute Gasteiger partial charge is 0.259 e. The molecule has 0 aliphatic heterocycles. The number of hydrogen-bond acceptors (Lipinski definition) is 5. The molecule has 2 aromatic rings. The summed E-state index contributed by atoms with van der Waals surface area (Å²) in [6.45, 7) is 11.1. The van der Waals surface area contributed by atoms with Crippen LogP contribution in [0.15, 0.2) is 10.6 Å². The normalized spacial score (nSPS) is 11.7. The maximum Gasteiger partial charge on any atom is 0.259 e. The monoisotopic (exact) mass is 354 g/mol. The van der Waals surface area contributed by atoms with E-state index in [-0.39, 0.29) is 29.6 Å². The fraction of sp³-hybridized carbons (Fsp3) is 0.588. The van der Waals surface area contributed by atoms with Gasteiger partial charge in [-0.15, -0.1) is 12.4 Å². The Kier molecular flexibility index (Phi) is 6.36. The number of aryl methyl sites for hydroxylation is 1. The van der Waals surface area contributed by atoms with Crippen LogP contribution in [-0.4, -0.2) is 41.1 Å². The second kappa shape index (κ2) is 7.49. The van der Waals surface area contributed by atoms with Crippen molar-refractivity contribution in [2.24, 2.45) is 11.1 Å². The number of rotatable bonds is 5. The molecule has 0 aromatic carbocycles. The molecule has 2 N–H and O–H groups in total. The molecule has 0 atom stereocenters. The highest BCUT2D eigenvalue weighted by Crippen LogP contribution is 2.28. The Morgan fingerprint density at radius 3 is 2.58 bits per heavy atom. The molecule has 24 heavy (non-hydrogen) atoms. The second-order valence-corrected chi connectivity index (χ2v) is 7.24. The number of hydrogen-bond donors (Lipinski definition) is 1. The van der Waals surface area contributed by atoms with Gasteiger partial charge in [0, 0.05) is 19.3 Å². The van der Waals surface area contributed by atoms with E-state index >= 15 is 0 Å². The molecule has 2 aromatic heterocycles. The summed E-state index contributed by atoms with van der Waals surface area (Å²) in [5, 5.41) is 4.82. The highest BCUT2D eigenvalue weighted by atomic mass is 35.5. The van der Waals surface area contributed by atoms with E-state index in [1.807, 2.05) is 34.6 Å². The van der Waals surface area contributed by atoms with Crippen LogP contribution in [0.4, 0.5) is 0 Å². The van der Waals surface area contributed by atoms with Crippen molar-refractivity contribution in [3.63, 3.8) is 0 Å². The van der Waals surface area contributed by atoms with E-state index in [1.54, 1.807) is 18.0 Å². The van der Waals surface area contributed by atoms with Gasteiger partial charge < -0.3 is 15.2 Å². The van der Waals surface area contributed by atoms with Crippen LogP contribution in [0.25, 0.3) is 11.1 Å². The van der Waals surface area contributed by atoms with Crippen LogP contribution in [0.1, 0.15) is 55.4 Å². The lowest BCUT2D eigenvalue weighted by molar-refractivity contribution is 0.0742. The van der Waals surface area contributed by atoms with E-state index in [0.29, 0.717) is 29.8 Å². The lowest BCUT2D eigenvalue weighted by Gasteiger charge is -2.29. The van der Waals surface area contributed by atoms with Crippen LogP contribution in [-0.2, 0) is 0 Å². The minimum absolute atomic E-state index is 0. The number of nitrogens with zero attached hydrogens (tertiary/aromatic N) is 3. The van der Waals surface area contributed by atoms with Crippen LogP contribution in [0.5, 0.6) is 0 Å². The van der Waals surface area contributed by atoms with Crippen LogP contribution in [0.3, 0.4) is 0 Å². The van der Waals surface area contributed by atoms with E-state index in [4.69, 9.17) is 10.3 Å². The number of carbonyl (C=O) groups is 1. The van der Waals surface area contributed by atoms with E-state index in [9.17, 15) is 4.79 Å². The topological polar surface area (TPSA) is 85.2 Å². The van der Waals surface area contributed by atoms with E-state index in [0.717, 1.165) is 11.4 Å². The Labute approximate surface area is 149 Å². The van der Waals surface area contributed by atoms with Crippen LogP contribution < -0.4 is 5.73 Å². The van der Waals surface area contributed by atoms with Crippen molar-refractivity contribution in [1.29, 1.82) is 0 Å². The van der Waals surface area contributed by atoms with Crippen molar-refractivity contribution in [2.75, 3.05) is 20.1 Å². The van der Waals surface area contributed by atoms with Crippen LogP contribution in [0.2, 0.25) is 0 Å². The number of aromatic nitrogens is 2. The van der Waals surface area contributed by atoms with Gasteiger partial charge in [-0.05, 0) is 30.9 Å². The fourth-order valence-electron chi connectivity index (χ4n) is 2.64. The zero-order valence-electron chi connectivity index (χ0n) is 15.2. The van der Waals surface area contributed by atoms with E-state index in [1.165, 1.54) is 0 Å². The third kappa shape index (κ3) is 4.05. The first kappa shape index (κ1) is 20.4. The molecular formula is C17H27ClN4O2. The van der Waals surface area contributed by atoms with Gasteiger partial charge in [0.25, 0.3) is 11.6 Å². The molecule has 0 radical (unpaired) electrons. The van der Waals surface area contributed by atoms with Gasteiger partial charge in [0.2, 0.25) is 0 Å². The molecule has 0 saturated carbocycles. The molecular weight excluding hydrogens is 328 g/mol. The molecule has 134 valence electrons. The first-order chi connectivity index (χ1) is 10.7. The Morgan fingerprint density at radius 1 is 1.42 bits per heavy atom. The average molecular weight is 355 g/mol. The number of amides is 1. The van der Waals surface area contributed by atoms with Crippen molar-refractivity contribution in [1.82, 2.24) is 15.0 Å². The van der Waals surface area contributed by atoms with Crippen molar-refractivity contribution in [2.45, 2.75) is 40.5 Å². The summed E-state index contributed by atoms with van der Waals surface area (Å²) < 4.78 is 5.33. The van der Waals surface area contributed by atoms with Gasteiger partial charge in [-0.3, -0.25) is 4.79 Å². The van der Waals surface area contributed by atoms with Crippen molar-refractivity contribution in [3.8, 4) is 0 Å². The maximum absolute atomic E-state index is 13.0. The first-order valence-corrected chi connectivity index (χ1v) is 7.88. The second-order valence-electron chi connectivity index (χ2n) is 7.24. The average Bonchev–Trinajstić information content (AvgIpc) is 2.88. The van der Waals surface area contributed by atoms with Gasteiger partial charge in [-0.25, -0.2) is 4.98 Å². The summed E-state index contributed by atoms with van der Waals surface area (Å²) in [6, 6.07) is 1.81. The first-order valence-electron chi connectivity index (χ1n) is 7.88. The van der Waals surface area contributed by atoms with Gasteiger partial charge in [-0.2, -0.15) is 0 Å². The quantitative estimate of drug-likeness (QED) is 0.891. The minimum atomic E-state index is -0.138. The Balaban J connectivity index is 0.00000288. The fourth-order valence-corrected chi connectivity index (χ4v) is 2.64. The highest BCUT2D eigenvalue weighted by molar-refractivity contribution is 6.06. The highest BCUT2D eigenvalue weighted by Gasteiger charge is 2.26. The Bertz CT molecular complexity index is 725. The molecule has 2 rings (SSSR count). The molecule has 0 saturated heterocycles. The summed E-state index contributed by atoms with van der Waals surface area (Å²) in [6.07, 6.45) is 0. The lowest BCUT2D eigenvalue weighted by atomic mass is 9.93. The molecule has 0 aliphatic carbocycles. The number of halogens is 1. The van der Waals surface area contributed by atoms with Crippen molar-refractivity contribution < 1.29 is 9.32 Å². The number of nitrogens with two attached hydrogens (primary N) is 1. The molecule has 0 unspecified atom stereocenters. The third-order valence-corrected chi connectivity index (χ3v) is 3.94. The molecule has 0 spiro atoms. The molecule has 2 heterocycles. The molecule has 0 bridgehead atoms. The predicted molar refractivity (Wildman–Crippen MR) is 97.7 cm³/mol. The van der Waals surface area contributed by atoms with Gasteiger partial charge in [0.1, 0.15) is 0 Å². The van der Waals surface area contributed by atoms with Crippen molar-refractivity contribution in [3.05, 3.63) is 23.0 Å². The number of carbonyl (C=O) groups excluding carboxylic acids is 1. The number of fused-ring (bicyclic) bond motifs is 1. The van der Waals surface area contributed by atoms with Gasteiger partial charge in [0.15, 0.2) is 0 Å². The third-order valence-electron chi connectivity index (χ3n) is 3.94. The summed E-state index contributed by atoms with van der Waals surface area (Å²) in [7, 11) is 1.80. The SMILES string of the molecule is Cc1cc(C(=O)N(C)CC(C)(C)CN)c2c(C(C)C)noc2n1.Cl. The van der Waals surface area contributed by atoms with Crippen LogP contribution >= 0.6 is 12.4 Å². The molecule has 7 heteroatoms. The molecule has 0 fully saturated rings. The van der Waals surface area contributed by atoms with E-state index < -0.39 is 0 Å². The zero-order chi connectivity index (χ0) is 17.4. The van der Waals surface area contributed by atoms with Crippen LogP contribution in [0, 0.1) is 12.3 Å². The van der Waals surface area contributed by atoms with E-state index in [2.05, 4.69) is 10.1 Å². The lowest BCUT2D eigenvalue weighted by Crippen LogP contribution is -2.39. The maximum atomic E-state index is 13.0.